The van der Waals surface area contributed by atoms with Crippen molar-refractivity contribution < 1.29 is 4.79 Å². The predicted molar refractivity (Wildman–Crippen MR) is 117 cm³/mol. The number of pyridine rings is 1. The minimum absolute atomic E-state index is 0.106. The third-order valence-electron chi connectivity index (χ3n) is 4.91. The van der Waals surface area contributed by atoms with Crippen molar-refractivity contribution in [3.63, 3.8) is 0 Å². The molecule has 3 aromatic heterocycles. The smallest absolute Gasteiger partial charge is 0.258 e. The third kappa shape index (κ3) is 4.11. The van der Waals surface area contributed by atoms with Gasteiger partial charge in [-0.25, -0.2) is 9.67 Å². The van der Waals surface area contributed by atoms with Gasteiger partial charge in [-0.05, 0) is 52.8 Å². The van der Waals surface area contributed by atoms with Gasteiger partial charge in [0.1, 0.15) is 11.6 Å². The quantitative estimate of drug-likeness (QED) is 0.682. The van der Waals surface area contributed by atoms with Crippen LogP contribution in [0, 0.1) is 13.8 Å². The van der Waals surface area contributed by atoms with Crippen LogP contribution in [0.3, 0.4) is 0 Å². The molecule has 0 atom stereocenters. The lowest BCUT2D eigenvalue weighted by Crippen LogP contribution is -2.27. The first kappa shape index (κ1) is 20.8. The average Bonchev–Trinajstić information content (AvgIpc) is 3.16. The summed E-state index contributed by atoms with van der Waals surface area (Å²) in [5.74, 6) is 1.36. The lowest BCUT2D eigenvalue weighted by Gasteiger charge is -2.23. The molecule has 1 amide bonds. The number of aryl methyl sites for hydroxylation is 1. The number of hydrogen-bond donors (Lipinski definition) is 1. The van der Waals surface area contributed by atoms with Gasteiger partial charge < -0.3 is 9.88 Å². The molecule has 0 spiro atoms. The van der Waals surface area contributed by atoms with Gasteiger partial charge in [0, 0.05) is 29.1 Å². The lowest BCUT2D eigenvalue weighted by atomic mass is 9.92. The normalized spacial score (nSPS) is 12.3. The molecule has 0 fully saturated rings. The molecule has 0 saturated carbocycles. The minimum Gasteiger partial charge on any atom is -0.307 e. The molecule has 0 aliphatic carbocycles. The van der Waals surface area contributed by atoms with Crippen LogP contribution in [0.1, 0.15) is 69.0 Å². The number of nitrogens with one attached hydrogen (secondary N) is 1. The highest BCUT2D eigenvalue weighted by molar-refractivity contribution is 6.05. The Kier molecular flexibility index (Phi) is 5.15. The van der Waals surface area contributed by atoms with Crippen molar-refractivity contribution in [1.82, 2.24) is 19.3 Å². The zero-order valence-corrected chi connectivity index (χ0v) is 18.7. The molecule has 3 heterocycles. The maximum Gasteiger partial charge on any atom is 0.258 e. The van der Waals surface area contributed by atoms with Crippen molar-refractivity contribution in [2.45, 2.75) is 66.3 Å². The molecule has 0 bridgehead atoms. The van der Waals surface area contributed by atoms with Gasteiger partial charge in [-0.1, -0.05) is 26.8 Å². The Morgan fingerprint density at radius 1 is 1.03 bits per heavy atom. The first-order valence-corrected chi connectivity index (χ1v) is 9.92. The monoisotopic (exact) mass is 393 g/mol. The fourth-order valence-electron chi connectivity index (χ4n) is 3.36. The van der Waals surface area contributed by atoms with E-state index in [0.717, 1.165) is 22.9 Å². The second kappa shape index (κ2) is 7.17. The molecule has 154 valence electrons. The summed E-state index contributed by atoms with van der Waals surface area (Å²) < 4.78 is 3.89. The molecule has 29 heavy (non-hydrogen) atoms. The Bertz CT molecular complexity index is 1030. The van der Waals surface area contributed by atoms with E-state index >= 15 is 0 Å². The Balaban J connectivity index is 1.99. The molecule has 0 unspecified atom stereocenters. The van der Waals surface area contributed by atoms with Gasteiger partial charge in [0.05, 0.1) is 16.8 Å². The highest BCUT2D eigenvalue weighted by Crippen LogP contribution is 2.29. The summed E-state index contributed by atoms with van der Waals surface area (Å²) in [6.45, 7) is 16.5. The van der Waals surface area contributed by atoms with E-state index in [0.29, 0.717) is 11.4 Å². The molecule has 6 nitrogen and oxygen atoms in total. The number of rotatable bonds is 3. The van der Waals surface area contributed by atoms with Gasteiger partial charge in [-0.2, -0.15) is 5.10 Å². The second-order valence-corrected chi connectivity index (χ2v) is 9.51. The predicted octanol–water partition coefficient (Wildman–Crippen LogP) is 4.99. The minimum atomic E-state index is -0.253. The van der Waals surface area contributed by atoms with Crippen LogP contribution in [0.5, 0.6) is 0 Å². The molecule has 6 heteroatoms. The third-order valence-corrected chi connectivity index (χ3v) is 4.91. The van der Waals surface area contributed by atoms with E-state index in [2.05, 4.69) is 51.8 Å². The van der Waals surface area contributed by atoms with Crippen LogP contribution < -0.4 is 5.32 Å². The maximum absolute atomic E-state index is 13.2. The Labute approximate surface area is 173 Å². The molecule has 0 aliphatic heterocycles. The van der Waals surface area contributed by atoms with E-state index in [9.17, 15) is 4.79 Å². The Morgan fingerprint density at radius 2 is 1.72 bits per heavy atom. The molecule has 1 N–H and O–H groups in total. The zero-order chi connectivity index (χ0) is 21.6. The van der Waals surface area contributed by atoms with Crippen molar-refractivity contribution in [2.75, 3.05) is 5.32 Å². The van der Waals surface area contributed by atoms with Gasteiger partial charge >= 0.3 is 0 Å². The van der Waals surface area contributed by atoms with Crippen molar-refractivity contribution >= 4 is 11.7 Å². The highest BCUT2D eigenvalue weighted by atomic mass is 16.1. The molecule has 3 aromatic rings. The van der Waals surface area contributed by atoms with E-state index in [1.165, 1.54) is 0 Å². The van der Waals surface area contributed by atoms with Crippen LogP contribution in [0.15, 0.2) is 36.5 Å². The number of nitrogens with zero attached hydrogens (tertiary/aromatic N) is 4. The first-order chi connectivity index (χ1) is 13.4. The van der Waals surface area contributed by atoms with Crippen molar-refractivity contribution in [2.24, 2.45) is 0 Å². The van der Waals surface area contributed by atoms with E-state index in [1.54, 1.807) is 6.20 Å². The number of carbonyl (C=O) groups excluding carboxylic acids is 1. The fraction of sp³-hybridized carbons (Fsp3) is 0.435. The molecular formula is C23H31N5O. The number of carbonyl (C=O) groups is 1. The Hall–Kier alpha value is -2.89. The van der Waals surface area contributed by atoms with Crippen LogP contribution in [0.25, 0.3) is 5.82 Å². The van der Waals surface area contributed by atoms with Crippen LogP contribution in [0.4, 0.5) is 5.82 Å². The average molecular weight is 394 g/mol. The topological polar surface area (TPSA) is 64.7 Å². The van der Waals surface area contributed by atoms with Gasteiger partial charge in [-0.15, -0.1) is 0 Å². The first-order valence-electron chi connectivity index (χ1n) is 9.92. The number of anilines is 1. The van der Waals surface area contributed by atoms with Crippen LogP contribution in [-0.4, -0.2) is 25.2 Å². The van der Waals surface area contributed by atoms with Crippen LogP contribution >= 0.6 is 0 Å². The summed E-state index contributed by atoms with van der Waals surface area (Å²) in [5.41, 5.74) is 3.04. The van der Waals surface area contributed by atoms with E-state index in [4.69, 9.17) is 5.10 Å². The molecule has 0 aromatic carbocycles. The maximum atomic E-state index is 13.2. The summed E-state index contributed by atoms with van der Waals surface area (Å²) in [5, 5.41) is 7.87. The molecule has 0 aliphatic rings. The number of hydrogen-bond acceptors (Lipinski definition) is 3. The summed E-state index contributed by atoms with van der Waals surface area (Å²) in [4.78, 5) is 17.6. The van der Waals surface area contributed by atoms with Crippen molar-refractivity contribution in [3.8, 4) is 5.82 Å². The van der Waals surface area contributed by atoms with Gasteiger partial charge in [0.2, 0.25) is 0 Å². The molecule has 0 radical (unpaired) electrons. The molecular weight excluding hydrogens is 362 g/mol. The summed E-state index contributed by atoms with van der Waals surface area (Å²) >= 11 is 0. The molecule has 3 rings (SSSR count). The summed E-state index contributed by atoms with van der Waals surface area (Å²) in [6, 6.07) is 9.64. The zero-order valence-electron chi connectivity index (χ0n) is 18.7. The van der Waals surface area contributed by atoms with Gasteiger partial charge in [0.15, 0.2) is 0 Å². The summed E-state index contributed by atoms with van der Waals surface area (Å²) in [7, 11) is 0. The van der Waals surface area contributed by atoms with Crippen molar-refractivity contribution in [1.29, 1.82) is 0 Å². The second-order valence-electron chi connectivity index (χ2n) is 9.51. The van der Waals surface area contributed by atoms with E-state index < -0.39 is 0 Å². The fourth-order valence-corrected chi connectivity index (χ4v) is 3.36. The van der Waals surface area contributed by atoms with Gasteiger partial charge in [0.25, 0.3) is 5.91 Å². The van der Waals surface area contributed by atoms with Crippen LogP contribution in [-0.2, 0) is 11.0 Å². The lowest BCUT2D eigenvalue weighted by molar-refractivity contribution is 0.102. The summed E-state index contributed by atoms with van der Waals surface area (Å²) in [6.07, 6.45) is 1.75. The van der Waals surface area contributed by atoms with E-state index in [-0.39, 0.29) is 16.9 Å². The standard InChI is InChI=1S/C23H31N5O/c1-15-13-17(16(2)27(15)19-11-9-10-12-24-19)21(29)25-20-14-18(22(3,4)5)26-28(20)23(6,7)8/h9-14H,1-8H3,(H,25,29). The largest absolute Gasteiger partial charge is 0.307 e. The highest BCUT2D eigenvalue weighted by Gasteiger charge is 2.27. The Morgan fingerprint density at radius 3 is 2.28 bits per heavy atom. The number of amides is 1. The van der Waals surface area contributed by atoms with E-state index in [1.807, 2.05) is 53.4 Å². The van der Waals surface area contributed by atoms with Gasteiger partial charge in [-0.3, -0.25) is 4.79 Å². The SMILES string of the molecule is Cc1cc(C(=O)Nc2cc(C(C)(C)C)nn2C(C)(C)C)c(C)n1-c1ccccn1. The molecule has 0 saturated heterocycles. The number of aromatic nitrogens is 4. The van der Waals surface area contributed by atoms with Crippen LogP contribution in [0.2, 0.25) is 0 Å². The van der Waals surface area contributed by atoms with Crippen molar-refractivity contribution in [3.05, 3.63) is 59.2 Å².